The van der Waals surface area contributed by atoms with E-state index in [1.807, 2.05) is 18.2 Å². The smallest absolute Gasteiger partial charge is 0.261 e. The summed E-state index contributed by atoms with van der Waals surface area (Å²) in [7, 11) is 0. The van der Waals surface area contributed by atoms with Gasteiger partial charge < -0.3 is 14.4 Å². The number of likely N-dealkylation sites (tertiary alicyclic amines) is 1. The van der Waals surface area contributed by atoms with E-state index in [0.29, 0.717) is 35.0 Å². The van der Waals surface area contributed by atoms with Crippen molar-refractivity contribution in [1.82, 2.24) is 24.6 Å². The number of fused-ring (bicyclic) bond motifs is 1. The normalized spacial score (nSPS) is 20.6. The lowest BCUT2D eigenvalue weighted by molar-refractivity contribution is 0.0778. The van der Waals surface area contributed by atoms with E-state index in [0.717, 1.165) is 45.4 Å². The number of ether oxygens (including phenoxy) is 1. The molecule has 1 unspecified atom stereocenters. The van der Waals surface area contributed by atoms with Crippen molar-refractivity contribution in [2.75, 3.05) is 26.4 Å². The fourth-order valence-corrected chi connectivity index (χ4v) is 4.69. The van der Waals surface area contributed by atoms with Gasteiger partial charge in [0.05, 0.1) is 36.6 Å². The second kappa shape index (κ2) is 8.86. The molecule has 9 nitrogen and oxygen atoms in total. The minimum absolute atomic E-state index is 0.0334. The third kappa shape index (κ3) is 4.00. The SMILES string of the molecule is O=c1c2ccccc2nc(C2CCCN2Cc2noc(C3CCOCC3)n2)n1CCO. The third-order valence-corrected chi connectivity index (χ3v) is 6.28. The lowest BCUT2D eigenvalue weighted by atomic mass is 10.0. The molecule has 0 amide bonds. The summed E-state index contributed by atoms with van der Waals surface area (Å²) in [6.07, 6.45) is 3.70. The van der Waals surface area contributed by atoms with Gasteiger partial charge in [0.15, 0.2) is 5.82 Å². The highest BCUT2D eigenvalue weighted by Crippen LogP contribution is 2.32. The van der Waals surface area contributed by atoms with Gasteiger partial charge >= 0.3 is 0 Å². The number of nitrogens with zero attached hydrogens (tertiary/aromatic N) is 5. The van der Waals surface area contributed by atoms with Crippen LogP contribution >= 0.6 is 0 Å². The molecule has 2 aliphatic heterocycles. The maximum atomic E-state index is 13.1. The highest BCUT2D eigenvalue weighted by molar-refractivity contribution is 5.77. The fraction of sp³-hybridized carbons (Fsp3) is 0.545. The summed E-state index contributed by atoms with van der Waals surface area (Å²) in [4.78, 5) is 24.8. The Kier molecular flexibility index (Phi) is 5.80. The van der Waals surface area contributed by atoms with Crippen LogP contribution in [0.2, 0.25) is 0 Å². The van der Waals surface area contributed by atoms with Gasteiger partial charge in [-0.15, -0.1) is 0 Å². The fourth-order valence-electron chi connectivity index (χ4n) is 4.69. The highest BCUT2D eigenvalue weighted by Gasteiger charge is 2.32. The molecule has 2 saturated heterocycles. The highest BCUT2D eigenvalue weighted by atomic mass is 16.5. The van der Waals surface area contributed by atoms with E-state index in [1.165, 1.54) is 0 Å². The molecule has 1 N–H and O–H groups in total. The standard InChI is InChI=1S/C22H27N5O4/c28-11-10-27-20(23-17-5-2-1-4-16(17)22(27)29)18-6-3-9-26(18)14-19-24-21(31-25-19)15-7-12-30-13-8-15/h1-2,4-5,15,18,28H,3,6-14H2. The quantitative estimate of drug-likeness (QED) is 0.639. The van der Waals surface area contributed by atoms with Crippen LogP contribution in [-0.4, -0.2) is 56.1 Å². The van der Waals surface area contributed by atoms with E-state index in [1.54, 1.807) is 10.6 Å². The van der Waals surface area contributed by atoms with E-state index < -0.39 is 0 Å². The van der Waals surface area contributed by atoms with Gasteiger partial charge in [0.2, 0.25) is 5.89 Å². The molecule has 1 atom stereocenters. The Balaban J connectivity index is 1.43. The summed E-state index contributed by atoms with van der Waals surface area (Å²) in [5.74, 6) is 2.31. The first-order chi connectivity index (χ1) is 15.2. The van der Waals surface area contributed by atoms with Crippen molar-refractivity contribution in [3.63, 3.8) is 0 Å². The zero-order valence-corrected chi connectivity index (χ0v) is 17.4. The number of aliphatic hydroxyl groups is 1. The maximum Gasteiger partial charge on any atom is 0.261 e. The molecule has 4 heterocycles. The summed E-state index contributed by atoms with van der Waals surface area (Å²) < 4.78 is 12.6. The summed E-state index contributed by atoms with van der Waals surface area (Å²) in [6, 6.07) is 7.34. The van der Waals surface area contributed by atoms with Crippen LogP contribution in [0.3, 0.4) is 0 Å². The monoisotopic (exact) mass is 425 g/mol. The van der Waals surface area contributed by atoms with Crippen molar-refractivity contribution >= 4 is 10.9 Å². The number of hydrogen-bond donors (Lipinski definition) is 1. The van der Waals surface area contributed by atoms with Crippen LogP contribution in [0.1, 0.15) is 55.2 Å². The molecule has 0 bridgehead atoms. The van der Waals surface area contributed by atoms with Crippen molar-refractivity contribution in [3.8, 4) is 0 Å². The summed E-state index contributed by atoms with van der Waals surface area (Å²) in [5, 5.41) is 14.4. The van der Waals surface area contributed by atoms with Gasteiger partial charge in [0, 0.05) is 19.1 Å². The zero-order valence-electron chi connectivity index (χ0n) is 17.4. The Morgan fingerprint density at radius 2 is 1.97 bits per heavy atom. The molecule has 0 radical (unpaired) electrons. The lowest BCUT2D eigenvalue weighted by Gasteiger charge is -2.25. The molecule has 1 aromatic carbocycles. The van der Waals surface area contributed by atoms with E-state index in [-0.39, 0.29) is 30.7 Å². The number of rotatable bonds is 6. The second-order valence-corrected chi connectivity index (χ2v) is 8.23. The number of para-hydroxylation sites is 1. The van der Waals surface area contributed by atoms with Gasteiger partial charge in [0.1, 0.15) is 5.82 Å². The number of aliphatic hydroxyl groups excluding tert-OH is 1. The molecule has 31 heavy (non-hydrogen) atoms. The maximum absolute atomic E-state index is 13.1. The van der Waals surface area contributed by atoms with Crippen molar-refractivity contribution in [1.29, 1.82) is 0 Å². The first kappa shape index (κ1) is 20.3. The van der Waals surface area contributed by atoms with E-state index in [9.17, 15) is 9.90 Å². The van der Waals surface area contributed by atoms with Crippen LogP contribution in [0.15, 0.2) is 33.6 Å². The Morgan fingerprint density at radius 1 is 1.13 bits per heavy atom. The molecule has 0 aliphatic carbocycles. The van der Waals surface area contributed by atoms with Crippen molar-refractivity contribution < 1.29 is 14.4 Å². The van der Waals surface area contributed by atoms with Gasteiger partial charge in [-0.05, 0) is 44.4 Å². The Labute approximate surface area is 179 Å². The van der Waals surface area contributed by atoms with E-state index >= 15 is 0 Å². The van der Waals surface area contributed by atoms with Gasteiger partial charge in [-0.2, -0.15) is 4.98 Å². The molecular formula is C22H27N5O4. The summed E-state index contributed by atoms with van der Waals surface area (Å²) in [6.45, 7) is 2.98. The number of benzene rings is 1. The number of aromatic nitrogens is 4. The molecule has 5 rings (SSSR count). The lowest BCUT2D eigenvalue weighted by Crippen LogP contribution is -2.33. The van der Waals surface area contributed by atoms with Crippen LogP contribution in [0.5, 0.6) is 0 Å². The molecule has 0 spiro atoms. The van der Waals surface area contributed by atoms with E-state index in [2.05, 4.69) is 15.0 Å². The molecule has 0 saturated carbocycles. The first-order valence-corrected chi connectivity index (χ1v) is 11.0. The van der Waals surface area contributed by atoms with Gasteiger partial charge in [-0.25, -0.2) is 4.98 Å². The molecule has 164 valence electrons. The average molecular weight is 425 g/mol. The van der Waals surface area contributed by atoms with Gasteiger partial charge in [-0.1, -0.05) is 17.3 Å². The molecule has 2 aliphatic rings. The second-order valence-electron chi connectivity index (χ2n) is 8.23. The third-order valence-electron chi connectivity index (χ3n) is 6.28. The Bertz CT molecular complexity index is 1100. The molecule has 2 aromatic heterocycles. The zero-order chi connectivity index (χ0) is 21.2. The topological polar surface area (TPSA) is 107 Å². The largest absolute Gasteiger partial charge is 0.395 e. The first-order valence-electron chi connectivity index (χ1n) is 11.0. The van der Waals surface area contributed by atoms with Crippen LogP contribution in [0.4, 0.5) is 0 Å². The average Bonchev–Trinajstić information content (AvgIpc) is 3.46. The van der Waals surface area contributed by atoms with Crippen LogP contribution in [0, 0.1) is 0 Å². The van der Waals surface area contributed by atoms with Gasteiger partial charge in [-0.3, -0.25) is 14.3 Å². The van der Waals surface area contributed by atoms with Crippen molar-refractivity contribution in [3.05, 3.63) is 52.2 Å². The Morgan fingerprint density at radius 3 is 2.81 bits per heavy atom. The summed E-state index contributed by atoms with van der Waals surface area (Å²) >= 11 is 0. The summed E-state index contributed by atoms with van der Waals surface area (Å²) in [5.41, 5.74) is 0.577. The molecule has 9 heteroatoms. The van der Waals surface area contributed by atoms with Gasteiger partial charge in [0.25, 0.3) is 5.56 Å². The van der Waals surface area contributed by atoms with E-state index in [4.69, 9.17) is 14.2 Å². The predicted octanol–water partition coefficient (Wildman–Crippen LogP) is 2.00. The Hall–Kier alpha value is -2.62. The van der Waals surface area contributed by atoms with Crippen LogP contribution in [-0.2, 0) is 17.8 Å². The molecule has 2 fully saturated rings. The van der Waals surface area contributed by atoms with Crippen molar-refractivity contribution in [2.24, 2.45) is 0 Å². The minimum atomic E-state index is -0.112. The number of hydrogen-bond acceptors (Lipinski definition) is 8. The molecule has 3 aromatic rings. The van der Waals surface area contributed by atoms with Crippen LogP contribution < -0.4 is 5.56 Å². The minimum Gasteiger partial charge on any atom is -0.395 e. The van der Waals surface area contributed by atoms with Crippen molar-refractivity contribution in [2.45, 2.75) is 50.7 Å². The van der Waals surface area contributed by atoms with Crippen LogP contribution in [0.25, 0.3) is 10.9 Å². The predicted molar refractivity (Wildman–Crippen MR) is 113 cm³/mol. The molecular weight excluding hydrogens is 398 g/mol.